The van der Waals surface area contributed by atoms with Crippen LogP contribution in [-0.2, 0) is 4.79 Å². The van der Waals surface area contributed by atoms with Crippen molar-refractivity contribution < 1.29 is 15.0 Å². The number of carbonyl (C=O) groups is 1. The molecule has 0 amide bonds. The van der Waals surface area contributed by atoms with Crippen LogP contribution in [0, 0.1) is 11.8 Å². The summed E-state index contributed by atoms with van der Waals surface area (Å²) in [5.41, 5.74) is -0.339. The number of hydrogen-bond acceptors (Lipinski definition) is 3. The van der Waals surface area contributed by atoms with Crippen molar-refractivity contribution in [2.24, 2.45) is 11.8 Å². The second kappa shape index (κ2) is 4.17. The number of ketones is 1. The van der Waals surface area contributed by atoms with Gasteiger partial charge in [0, 0.05) is 18.8 Å². The Morgan fingerprint density at radius 2 is 1.83 bits per heavy atom. The summed E-state index contributed by atoms with van der Waals surface area (Å²) in [6.07, 6.45) is 2.25. The van der Waals surface area contributed by atoms with Crippen molar-refractivity contribution in [1.29, 1.82) is 0 Å². The lowest BCUT2D eigenvalue weighted by Crippen LogP contribution is -2.48. The van der Waals surface area contributed by atoms with Crippen LogP contribution in [0.5, 0.6) is 0 Å². The molecule has 3 nitrogen and oxygen atoms in total. The van der Waals surface area contributed by atoms with Crippen LogP contribution in [0.4, 0.5) is 0 Å². The summed E-state index contributed by atoms with van der Waals surface area (Å²) in [6, 6.07) is 0. The van der Waals surface area contributed by atoms with Crippen molar-refractivity contribution in [2.75, 3.05) is 0 Å². The Labute approximate surface area is 109 Å². The Balaban J connectivity index is 2.51. The normalized spacial score (nSPS) is 44.8. The van der Waals surface area contributed by atoms with E-state index in [9.17, 15) is 15.0 Å². The molecule has 0 heterocycles. The summed E-state index contributed by atoms with van der Waals surface area (Å²) in [5, 5.41) is 21.6. The van der Waals surface area contributed by atoms with E-state index in [2.05, 4.69) is 0 Å². The highest BCUT2D eigenvalue weighted by Crippen LogP contribution is 2.52. The Morgan fingerprint density at radius 3 is 2.39 bits per heavy atom. The Hall–Kier alpha value is -0.670. The van der Waals surface area contributed by atoms with Gasteiger partial charge in [0.25, 0.3) is 0 Å². The number of aliphatic hydroxyl groups is 2. The Bertz CT molecular complexity index is 404. The minimum atomic E-state index is -1.09. The predicted molar refractivity (Wildman–Crippen MR) is 70.1 cm³/mol. The third kappa shape index (κ3) is 1.94. The molecule has 0 unspecified atom stereocenters. The molecule has 2 fully saturated rings. The molecule has 102 valence electrons. The maximum absolute atomic E-state index is 12.2. The van der Waals surface area contributed by atoms with Gasteiger partial charge in [0.2, 0.25) is 0 Å². The molecule has 2 N–H and O–H groups in total. The average Bonchev–Trinajstić information content (AvgIpc) is 2.47. The summed E-state index contributed by atoms with van der Waals surface area (Å²) in [6.45, 7) is 7.54. The minimum Gasteiger partial charge on any atom is -0.389 e. The zero-order chi connectivity index (χ0) is 13.7. The number of fused-ring (bicyclic) bond motifs is 1. The summed E-state index contributed by atoms with van der Waals surface area (Å²) in [4.78, 5) is 12.2. The van der Waals surface area contributed by atoms with Gasteiger partial charge in [-0.3, -0.25) is 4.79 Å². The summed E-state index contributed by atoms with van der Waals surface area (Å²) in [7, 11) is 0. The molecule has 0 radical (unpaired) electrons. The fourth-order valence-corrected chi connectivity index (χ4v) is 3.80. The van der Waals surface area contributed by atoms with Crippen molar-refractivity contribution in [2.45, 2.75) is 64.6 Å². The maximum atomic E-state index is 12.2. The quantitative estimate of drug-likeness (QED) is 0.650. The Morgan fingerprint density at radius 1 is 1.22 bits per heavy atom. The van der Waals surface area contributed by atoms with Gasteiger partial charge in [-0.05, 0) is 45.1 Å². The van der Waals surface area contributed by atoms with Gasteiger partial charge >= 0.3 is 0 Å². The van der Waals surface area contributed by atoms with Crippen LogP contribution < -0.4 is 0 Å². The molecule has 2 saturated carbocycles. The topological polar surface area (TPSA) is 57.5 Å². The first kappa shape index (κ1) is 13.8. The maximum Gasteiger partial charge on any atom is 0.161 e. The number of hydrogen-bond donors (Lipinski definition) is 2. The van der Waals surface area contributed by atoms with Crippen LogP contribution in [0.1, 0.15) is 53.4 Å². The zero-order valence-corrected chi connectivity index (χ0v) is 11.8. The van der Waals surface area contributed by atoms with Gasteiger partial charge in [0.15, 0.2) is 5.78 Å². The highest BCUT2D eigenvalue weighted by atomic mass is 16.3. The van der Waals surface area contributed by atoms with Crippen LogP contribution in [0.2, 0.25) is 0 Å². The fraction of sp³-hybridized carbons (Fsp3) is 0.800. The first-order chi connectivity index (χ1) is 8.18. The van der Waals surface area contributed by atoms with E-state index in [0.29, 0.717) is 12.0 Å². The largest absolute Gasteiger partial charge is 0.389 e. The standard InChI is InChI=1S/C15H24O3/c1-9(2)11-7-15(18)10(3)5-6-13(15)14(4,17)8-12(11)16/h10,13,17-18H,5-8H2,1-4H3/t10-,13+,14-,15-/m0/s1. The third-order valence-electron chi connectivity index (χ3n) is 5.01. The van der Waals surface area contributed by atoms with Gasteiger partial charge in [0.1, 0.15) is 0 Å². The second-order valence-electron chi connectivity index (χ2n) is 6.63. The molecule has 0 aliphatic heterocycles. The molecular weight excluding hydrogens is 228 g/mol. The predicted octanol–water partition coefficient (Wildman–Crippen LogP) is 2.21. The number of Topliss-reactive ketones (excluding diaryl/α,β-unsaturated/α-hetero) is 1. The molecule has 0 aromatic rings. The minimum absolute atomic E-state index is 0.00461. The Kier molecular flexibility index (Phi) is 3.19. The molecule has 3 heteroatoms. The lowest BCUT2D eigenvalue weighted by molar-refractivity contribution is -0.127. The van der Waals surface area contributed by atoms with E-state index in [0.717, 1.165) is 18.4 Å². The van der Waals surface area contributed by atoms with Crippen LogP contribution in [0.3, 0.4) is 0 Å². The smallest absolute Gasteiger partial charge is 0.161 e. The lowest BCUT2D eigenvalue weighted by atomic mass is 9.74. The van der Waals surface area contributed by atoms with E-state index in [1.54, 1.807) is 6.92 Å². The zero-order valence-electron chi connectivity index (χ0n) is 11.8. The molecule has 0 aromatic carbocycles. The monoisotopic (exact) mass is 252 g/mol. The first-order valence-corrected chi connectivity index (χ1v) is 6.83. The molecule has 0 bridgehead atoms. The first-order valence-electron chi connectivity index (χ1n) is 6.83. The van der Waals surface area contributed by atoms with Crippen molar-refractivity contribution in [3.8, 4) is 0 Å². The molecule has 4 atom stereocenters. The number of rotatable bonds is 0. The summed E-state index contributed by atoms with van der Waals surface area (Å²) >= 11 is 0. The summed E-state index contributed by atoms with van der Waals surface area (Å²) < 4.78 is 0. The molecule has 0 aromatic heterocycles. The van der Waals surface area contributed by atoms with Gasteiger partial charge < -0.3 is 10.2 Å². The van der Waals surface area contributed by atoms with Crippen molar-refractivity contribution >= 4 is 5.78 Å². The fourth-order valence-electron chi connectivity index (χ4n) is 3.80. The molecule has 0 saturated heterocycles. The number of carbonyl (C=O) groups excluding carboxylic acids is 1. The van der Waals surface area contributed by atoms with E-state index in [1.807, 2.05) is 20.8 Å². The van der Waals surface area contributed by atoms with Crippen molar-refractivity contribution in [1.82, 2.24) is 0 Å². The van der Waals surface area contributed by atoms with Gasteiger partial charge in [-0.15, -0.1) is 0 Å². The lowest BCUT2D eigenvalue weighted by Gasteiger charge is -2.39. The van der Waals surface area contributed by atoms with Crippen LogP contribution in [0.25, 0.3) is 0 Å². The highest BCUT2D eigenvalue weighted by molar-refractivity contribution is 5.97. The van der Waals surface area contributed by atoms with Gasteiger partial charge in [0.05, 0.1) is 11.2 Å². The van der Waals surface area contributed by atoms with Crippen LogP contribution >= 0.6 is 0 Å². The third-order valence-corrected chi connectivity index (χ3v) is 5.01. The molecule has 2 rings (SSSR count). The van der Waals surface area contributed by atoms with Gasteiger partial charge in [-0.25, -0.2) is 0 Å². The molecule has 18 heavy (non-hydrogen) atoms. The molecule has 2 aliphatic rings. The SMILES string of the molecule is CC(C)=C1C[C@]2(O)[C@@H](C)CC[C@@H]2[C@@](C)(O)CC1=O. The second-order valence-corrected chi connectivity index (χ2v) is 6.63. The molecule has 0 spiro atoms. The molecule has 2 aliphatic carbocycles. The van der Waals surface area contributed by atoms with E-state index < -0.39 is 11.2 Å². The average molecular weight is 252 g/mol. The van der Waals surface area contributed by atoms with E-state index >= 15 is 0 Å². The van der Waals surface area contributed by atoms with E-state index in [1.165, 1.54) is 0 Å². The van der Waals surface area contributed by atoms with E-state index in [4.69, 9.17) is 0 Å². The van der Waals surface area contributed by atoms with Gasteiger partial charge in [-0.2, -0.15) is 0 Å². The molecular formula is C15H24O3. The highest BCUT2D eigenvalue weighted by Gasteiger charge is 2.56. The van der Waals surface area contributed by atoms with Gasteiger partial charge in [-0.1, -0.05) is 12.5 Å². The van der Waals surface area contributed by atoms with Crippen LogP contribution in [-0.4, -0.2) is 27.2 Å². The summed E-state index contributed by atoms with van der Waals surface area (Å²) in [5.74, 6) is -0.0648. The van der Waals surface area contributed by atoms with Crippen molar-refractivity contribution in [3.63, 3.8) is 0 Å². The number of allylic oxidation sites excluding steroid dienone is 1. The van der Waals surface area contributed by atoms with Crippen molar-refractivity contribution in [3.05, 3.63) is 11.1 Å². The van der Waals surface area contributed by atoms with E-state index in [-0.39, 0.29) is 24.0 Å². The van der Waals surface area contributed by atoms with Crippen LogP contribution in [0.15, 0.2) is 11.1 Å².